The largest absolute Gasteiger partial charge is 0.376 e. The Kier molecular flexibility index (Phi) is 4.87. The summed E-state index contributed by atoms with van der Waals surface area (Å²) >= 11 is 0. The van der Waals surface area contributed by atoms with E-state index >= 15 is 0 Å². The Morgan fingerprint density at radius 3 is 2.62 bits per heavy atom. The van der Waals surface area contributed by atoms with E-state index in [1.54, 1.807) is 6.21 Å². The SMILES string of the molecule is Cc1ccccc1NCC(=O)N/N=C\c1cccc2ccccc12. The summed E-state index contributed by atoms with van der Waals surface area (Å²) in [5.41, 5.74) is 5.58. The number of hydrogen-bond donors (Lipinski definition) is 2. The number of para-hydroxylation sites is 1. The molecule has 0 unspecified atom stereocenters. The smallest absolute Gasteiger partial charge is 0.259 e. The first kappa shape index (κ1) is 15.7. The fourth-order valence-corrected chi connectivity index (χ4v) is 2.52. The molecular formula is C20H19N3O. The van der Waals surface area contributed by atoms with E-state index in [-0.39, 0.29) is 12.5 Å². The van der Waals surface area contributed by atoms with Gasteiger partial charge in [0.1, 0.15) is 0 Å². The molecule has 4 nitrogen and oxygen atoms in total. The number of hydrogen-bond acceptors (Lipinski definition) is 3. The van der Waals surface area contributed by atoms with Crippen molar-refractivity contribution < 1.29 is 4.79 Å². The summed E-state index contributed by atoms with van der Waals surface area (Å²) < 4.78 is 0. The van der Waals surface area contributed by atoms with Crippen molar-refractivity contribution in [3.63, 3.8) is 0 Å². The standard InChI is InChI=1S/C20H19N3O/c1-15-7-2-5-12-19(15)21-14-20(24)23-22-13-17-10-6-9-16-8-3-4-11-18(16)17/h2-13,21H,14H2,1H3,(H,23,24)/b22-13-. The molecule has 0 fully saturated rings. The van der Waals surface area contributed by atoms with E-state index in [0.29, 0.717) is 0 Å². The van der Waals surface area contributed by atoms with Gasteiger partial charge in [-0.05, 0) is 29.3 Å². The lowest BCUT2D eigenvalue weighted by molar-refractivity contribution is -0.119. The average Bonchev–Trinajstić information content (AvgIpc) is 2.61. The second kappa shape index (κ2) is 7.42. The van der Waals surface area contributed by atoms with Crippen molar-refractivity contribution in [1.82, 2.24) is 5.43 Å². The number of fused-ring (bicyclic) bond motifs is 1. The van der Waals surface area contributed by atoms with Crippen LogP contribution in [-0.4, -0.2) is 18.7 Å². The molecule has 0 saturated heterocycles. The fraction of sp³-hybridized carbons (Fsp3) is 0.100. The number of nitrogens with one attached hydrogen (secondary N) is 2. The fourth-order valence-electron chi connectivity index (χ4n) is 2.52. The minimum Gasteiger partial charge on any atom is -0.376 e. The van der Waals surface area contributed by atoms with Gasteiger partial charge in [-0.3, -0.25) is 4.79 Å². The highest BCUT2D eigenvalue weighted by Gasteiger charge is 2.01. The van der Waals surface area contributed by atoms with Crippen molar-refractivity contribution in [2.75, 3.05) is 11.9 Å². The summed E-state index contributed by atoms with van der Waals surface area (Å²) in [4.78, 5) is 11.9. The average molecular weight is 317 g/mol. The maximum absolute atomic E-state index is 11.9. The van der Waals surface area contributed by atoms with Crippen LogP contribution >= 0.6 is 0 Å². The highest BCUT2D eigenvalue weighted by atomic mass is 16.2. The second-order valence-electron chi connectivity index (χ2n) is 5.53. The Morgan fingerprint density at radius 1 is 1.00 bits per heavy atom. The summed E-state index contributed by atoms with van der Waals surface area (Å²) in [5, 5.41) is 9.42. The molecule has 4 heteroatoms. The minimum atomic E-state index is -0.185. The zero-order valence-electron chi connectivity index (χ0n) is 13.5. The summed E-state index contributed by atoms with van der Waals surface area (Å²) in [6.07, 6.45) is 1.67. The van der Waals surface area contributed by atoms with Gasteiger partial charge in [0.05, 0.1) is 12.8 Å². The minimum absolute atomic E-state index is 0.178. The first-order valence-corrected chi connectivity index (χ1v) is 7.83. The summed E-state index contributed by atoms with van der Waals surface area (Å²) in [6, 6.07) is 21.9. The van der Waals surface area contributed by atoms with Crippen molar-refractivity contribution in [1.29, 1.82) is 0 Å². The summed E-state index contributed by atoms with van der Waals surface area (Å²) in [5.74, 6) is -0.185. The van der Waals surface area contributed by atoms with Crippen LogP contribution in [0, 0.1) is 6.92 Å². The van der Waals surface area contributed by atoms with Gasteiger partial charge in [0.2, 0.25) is 0 Å². The molecule has 24 heavy (non-hydrogen) atoms. The molecule has 0 bridgehead atoms. The Morgan fingerprint density at radius 2 is 1.75 bits per heavy atom. The number of anilines is 1. The third kappa shape index (κ3) is 3.79. The molecule has 3 rings (SSSR count). The zero-order chi connectivity index (χ0) is 16.8. The maximum Gasteiger partial charge on any atom is 0.259 e. The lowest BCUT2D eigenvalue weighted by Crippen LogP contribution is -2.26. The predicted octanol–water partition coefficient (Wildman–Crippen LogP) is 3.71. The second-order valence-corrected chi connectivity index (χ2v) is 5.53. The number of rotatable bonds is 5. The van der Waals surface area contributed by atoms with Crippen molar-refractivity contribution in [2.24, 2.45) is 5.10 Å². The van der Waals surface area contributed by atoms with Gasteiger partial charge in [-0.1, -0.05) is 60.7 Å². The molecule has 0 spiro atoms. The topological polar surface area (TPSA) is 53.5 Å². The lowest BCUT2D eigenvalue weighted by Gasteiger charge is -2.07. The van der Waals surface area contributed by atoms with E-state index in [1.165, 1.54) is 0 Å². The van der Waals surface area contributed by atoms with Gasteiger partial charge in [0, 0.05) is 11.3 Å². The lowest BCUT2D eigenvalue weighted by atomic mass is 10.1. The highest BCUT2D eigenvalue weighted by molar-refractivity contribution is 6.00. The number of benzene rings is 3. The Balaban J connectivity index is 1.59. The molecule has 0 saturated carbocycles. The van der Waals surface area contributed by atoms with Crippen LogP contribution in [0.25, 0.3) is 10.8 Å². The number of aryl methyl sites for hydroxylation is 1. The molecule has 3 aromatic rings. The molecule has 120 valence electrons. The van der Waals surface area contributed by atoms with Gasteiger partial charge in [-0.15, -0.1) is 0 Å². The van der Waals surface area contributed by atoms with Crippen LogP contribution in [0.1, 0.15) is 11.1 Å². The molecule has 1 amide bonds. The van der Waals surface area contributed by atoms with Crippen molar-refractivity contribution in [3.8, 4) is 0 Å². The van der Waals surface area contributed by atoms with Crippen LogP contribution in [0.5, 0.6) is 0 Å². The predicted molar refractivity (Wildman–Crippen MR) is 99.4 cm³/mol. The van der Waals surface area contributed by atoms with Gasteiger partial charge in [0.15, 0.2) is 0 Å². The molecule has 2 N–H and O–H groups in total. The maximum atomic E-state index is 11.9. The van der Waals surface area contributed by atoms with E-state index < -0.39 is 0 Å². The molecular weight excluding hydrogens is 298 g/mol. The number of hydrazone groups is 1. The number of amides is 1. The van der Waals surface area contributed by atoms with Gasteiger partial charge in [-0.2, -0.15) is 5.10 Å². The van der Waals surface area contributed by atoms with Gasteiger partial charge in [-0.25, -0.2) is 5.43 Å². The molecule has 0 aliphatic rings. The molecule has 0 aliphatic heterocycles. The molecule has 3 aromatic carbocycles. The Bertz CT molecular complexity index is 881. The number of carbonyl (C=O) groups excluding carboxylic acids is 1. The van der Waals surface area contributed by atoms with Gasteiger partial charge >= 0.3 is 0 Å². The van der Waals surface area contributed by atoms with Crippen molar-refractivity contribution in [3.05, 3.63) is 77.9 Å². The third-order valence-electron chi connectivity index (χ3n) is 3.80. The van der Waals surface area contributed by atoms with Crippen LogP contribution in [0.3, 0.4) is 0 Å². The van der Waals surface area contributed by atoms with Crippen LogP contribution in [0.15, 0.2) is 71.8 Å². The van der Waals surface area contributed by atoms with Crippen LogP contribution in [0.4, 0.5) is 5.69 Å². The molecule has 0 aliphatic carbocycles. The quantitative estimate of drug-likeness (QED) is 0.557. The van der Waals surface area contributed by atoms with Crippen LogP contribution in [-0.2, 0) is 4.79 Å². The van der Waals surface area contributed by atoms with E-state index in [0.717, 1.165) is 27.6 Å². The number of carbonyl (C=O) groups is 1. The number of nitrogens with zero attached hydrogens (tertiary/aromatic N) is 1. The molecule has 0 heterocycles. The van der Waals surface area contributed by atoms with E-state index in [1.807, 2.05) is 61.5 Å². The van der Waals surface area contributed by atoms with Gasteiger partial charge < -0.3 is 5.32 Å². The normalized spacial score (nSPS) is 10.9. The van der Waals surface area contributed by atoms with Gasteiger partial charge in [0.25, 0.3) is 5.91 Å². The monoisotopic (exact) mass is 317 g/mol. The van der Waals surface area contributed by atoms with Crippen molar-refractivity contribution >= 4 is 28.6 Å². The van der Waals surface area contributed by atoms with Crippen LogP contribution < -0.4 is 10.7 Å². The van der Waals surface area contributed by atoms with E-state index in [2.05, 4.69) is 28.0 Å². The molecule has 0 atom stereocenters. The summed E-state index contributed by atoms with van der Waals surface area (Å²) in [7, 11) is 0. The molecule has 0 aromatic heterocycles. The first-order valence-electron chi connectivity index (χ1n) is 7.83. The van der Waals surface area contributed by atoms with E-state index in [4.69, 9.17) is 0 Å². The highest BCUT2D eigenvalue weighted by Crippen LogP contribution is 2.16. The zero-order valence-corrected chi connectivity index (χ0v) is 13.5. The third-order valence-corrected chi connectivity index (χ3v) is 3.80. The van der Waals surface area contributed by atoms with Crippen LogP contribution in [0.2, 0.25) is 0 Å². The Labute approximate surface area is 141 Å². The van der Waals surface area contributed by atoms with E-state index in [9.17, 15) is 4.79 Å². The van der Waals surface area contributed by atoms with Crippen molar-refractivity contribution in [2.45, 2.75) is 6.92 Å². The molecule has 0 radical (unpaired) electrons. The Hall–Kier alpha value is -3.14. The summed E-state index contributed by atoms with van der Waals surface area (Å²) in [6.45, 7) is 2.18. The first-order chi connectivity index (χ1) is 11.7.